The molecule has 0 amide bonds. The number of hydrogen-bond acceptors (Lipinski definition) is 3. The Kier molecular flexibility index (Phi) is 5.39. The fraction of sp³-hybridized carbons (Fsp3) is 0.294. The Morgan fingerprint density at radius 3 is 2.64 bits per heavy atom. The van der Waals surface area contributed by atoms with Gasteiger partial charge in [-0.15, -0.1) is 0 Å². The molecule has 2 aromatic rings. The first-order valence-electron chi connectivity index (χ1n) is 7.16. The largest absolute Gasteiger partial charge is 0.478 e. The predicted octanol–water partition coefficient (Wildman–Crippen LogP) is 4.52. The number of halogens is 1. The third-order valence-corrected chi connectivity index (χ3v) is 3.54. The van der Waals surface area contributed by atoms with Crippen LogP contribution in [0.4, 0.5) is 0 Å². The third kappa shape index (κ3) is 3.98. The number of hydrogen-bond donors (Lipinski definition) is 1. The fourth-order valence-electron chi connectivity index (χ4n) is 2.07. The Hall–Kier alpha value is -2.07. The van der Waals surface area contributed by atoms with Gasteiger partial charge in [-0.2, -0.15) is 0 Å². The molecule has 1 aromatic heterocycles. The zero-order valence-corrected chi connectivity index (χ0v) is 13.2. The summed E-state index contributed by atoms with van der Waals surface area (Å²) in [6, 6.07) is 7.35. The molecule has 5 heteroatoms. The van der Waals surface area contributed by atoms with E-state index in [0.29, 0.717) is 10.9 Å². The molecule has 2 rings (SSSR count). The van der Waals surface area contributed by atoms with Crippen LogP contribution in [0.25, 0.3) is 11.3 Å². The van der Waals surface area contributed by atoms with Crippen LogP contribution in [0, 0.1) is 0 Å². The van der Waals surface area contributed by atoms with Gasteiger partial charge in [0.2, 0.25) is 0 Å². The van der Waals surface area contributed by atoms with E-state index in [4.69, 9.17) is 21.1 Å². The van der Waals surface area contributed by atoms with Crippen molar-refractivity contribution >= 4 is 17.6 Å². The summed E-state index contributed by atoms with van der Waals surface area (Å²) >= 11 is 5.91. The maximum atomic E-state index is 10.9. The SMILES string of the molecule is C=C(Cc1nc(-c2ccc(Cl)cc2)c(CCCC)o1)C(=O)O. The number of aliphatic carboxylic acids is 1. The summed E-state index contributed by atoms with van der Waals surface area (Å²) in [5, 5.41) is 9.58. The van der Waals surface area contributed by atoms with Crippen LogP contribution >= 0.6 is 11.6 Å². The lowest BCUT2D eigenvalue weighted by Crippen LogP contribution is -2.02. The normalized spacial score (nSPS) is 10.6. The fourth-order valence-corrected chi connectivity index (χ4v) is 2.20. The molecule has 22 heavy (non-hydrogen) atoms. The number of carboxylic acids is 1. The smallest absolute Gasteiger partial charge is 0.331 e. The van der Waals surface area contributed by atoms with E-state index >= 15 is 0 Å². The second-order valence-corrected chi connectivity index (χ2v) is 5.51. The highest BCUT2D eigenvalue weighted by atomic mass is 35.5. The molecule has 0 radical (unpaired) electrons. The van der Waals surface area contributed by atoms with Gasteiger partial charge in [0.15, 0.2) is 5.89 Å². The molecule has 0 saturated carbocycles. The van der Waals surface area contributed by atoms with Crippen LogP contribution in [0.5, 0.6) is 0 Å². The highest BCUT2D eigenvalue weighted by Crippen LogP contribution is 2.27. The van der Waals surface area contributed by atoms with Gasteiger partial charge in [-0.05, 0) is 18.6 Å². The predicted molar refractivity (Wildman–Crippen MR) is 86.0 cm³/mol. The summed E-state index contributed by atoms with van der Waals surface area (Å²) in [5.41, 5.74) is 1.72. The molecule has 0 bridgehead atoms. The molecule has 0 aliphatic carbocycles. The Labute approximate surface area is 134 Å². The van der Waals surface area contributed by atoms with Gasteiger partial charge in [0, 0.05) is 22.6 Å². The number of carboxylic acid groups (broad SMARTS) is 1. The van der Waals surface area contributed by atoms with E-state index in [2.05, 4.69) is 18.5 Å². The molecule has 0 fully saturated rings. The number of aryl methyl sites for hydroxylation is 1. The number of nitrogens with zero attached hydrogens (tertiary/aromatic N) is 1. The highest BCUT2D eigenvalue weighted by Gasteiger charge is 2.17. The van der Waals surface area contributed by atoms with Gasteiger partial charge in [0.05, 0.1) is 6.42 Å². The van der Waals surface area contributed by atoms with Gasteiger partial charge in [0.25, 0.3) is 0 Å². The van der Waals surface area contributed by atoms with Crippen molar-refractivity contribution in [3.05, 3.63) is 53.1 Å². The van der Waals surface area contributed by atoms with Gasteiger partial charge in [0.1, 0.15) is 11.5 Å². The molecule has 0 saturated heterocycles. The first-order chi connectivity index (χ1) is 10.5. The molecule has 116 valence electrons. The van der Waals surface area contributed by atoms with E-state index in [-0.39, 0.29) is 12.0 Å². The van der Waals surface area contributed by atoms with E-state index in [1.54, 1.807) is 12.1 Å². The van der Waals surface area contributed by atoms with Crippen molar-refractivity contribution in [1.82, 2.24) is 4.98 Å². The van der Waals surface area contributed by atoms with Crippen LogP contribution < -0.4 is 0 Å². The minimum Gasteiger partial charge on any atom is -0.478 e. The lowest BCUT2D eigenvalue weighted by Gasteiger charge is -2.00. The molecule has 0 spiro atoms. The molecule has 0 aliphatic heterocycles. The van der Waals surface area contributed by atoms with Gasteiger partial charge in [-0.3, -0.25) is 0 Å². The first-order valence-corrected chi connectivity index (χ1v) is 7.54. The van der Waals surface area contributed by atoms with Crippen LogP contribution in [-0.4, -0.2) is 16.1 Å². The number of rotatable bonds is 7. The number of oxazole rings is 1. The van der Waals surface area contributed by atoms with Crippen molar-refractivity contribution in [3.63, 3.8) is 0 Å². The van der Waals surface area contributed by atoms with Gasteiger partial charge in [-0.1, -0.05) is 43.7 Å². The van der Waals surface area contributed by atoms with Crippen molar-refractivity contribution in [2.24, 2.45) is 0 Å². The Bertz CT molecular complexity index is 674. The third-order valence-electron chi connectivity index (χ3n) is 3.28. The first kappa shape index (κ1) is 16.3. The quantitative estimate of drug-likeness (QED) is 0.762. The van der Waals surface area contributed by atoms with Crippen LogP contribution in [0.3, 0.4) is 0 Å². The van der Waals surface area contributed by atoms with Crippen LogP contribution in [-0.2, 0) is 17.6 Å². The number of benzene rings is 1. The molecule has 0 unspecified atom stereocenters. The highest BCUT2D eigenvalue weighted by molar-refractivity contribution is 6.30. The minimum atomic E-state index is -1.04. The Balaban J connectivity index is 2.33. The molecule has 1 aromatic carbocycles. The monoisotopic (exact) mass is 319 g/mol. The van der Waals surface area contributed by atoms with E-state index in [1.165, 1.54) is 0 Å². The van der Waals surface area contributed by atoms with E-state index in [0.717, 1.165) is 36.3 Å². The maximum Gasteiger partial charge on any atom is 0.331 e. The van der Waals surface area contributed by atoms with Crippen LogP contribution in [0.1, 0.15) is 31.4 Å². The summed E-state index contributed by atoms with van der Waals surface area (Å²) in [4.78, 5) is 15.3. The standard InChI is InChI=1S/C17H18ClNO3/c1-3-4-5-14-16(12-6-8-13(18)9-7-12)19-15(22-14)10-11(2)17(20)21/h6-9H,2-5,10H2,1H3,(H,20,21). The second kappa shape index (κ2) is 7.27. The average Bonchev–Trinajstić information content (AvgIpc) is 2.88. The molecular weight excluding hydrogens is 302 g/mol. The summed E-state index contributed by atoms with van der Waals surface area (Å²) in [5.74, 6) is 0.113. The average molecular weight is 320 g/mol. The Morgan fingerprint density at radius 2 is 2.05 bits per heavy atom. The minimum absolute atomic E-state index is 0.0611. The second-order valence-electron chi connectivity index (χ2n) is 5.08. The zero-order chi connectivity index (χ0) is 16.1. The van der Waals surface area contributed by atoms with Crippen molar-refractivity contribution < 1.29 is 14.3 Å². The van der Waals surface area contributed by atoms with Gasteiger partial charge < -0.3 is 9.52 Å². The maximum absolute atomic E-state index is 10.9. The van der Waals surface area contributed by atoms with Crippen LogP contribution in [0.2, 0.25) is 5.02 Å². The van der Waals surface area contributed by atoms with E-state index in [1.807, 2.05) is 12.1 Å². The van der Waals surface area contributed by atoms with E-state index < -0.39 is 5.97 Å². The Morgan fingerprint density at radius 1 is 1.36 bits per heavy atom. The lowest BCUT2D eigenvalue weighted by molar-refractivity contribution is -0.132. The topological polar surface area (TPSA) is 63.3 Å². The molecule has 0 aliphatic rings. The number of carbonyl (C=O) groups is 1. The molecule has 1 N–H and O–H groups in total. The summed E-state index contributed by atoms with van der Waals surface area (Å²) in [6.07, 6.45) is 2.89. The summed E-state index contributed by atoms with van der Waals surface area (Å²) < 4.78 is 5.75. The zero-order valence-electron chi connectivity index (χ0n) is 12.4. The van der Waals surface area contributed by atoms with E-state index in [9.17, 15) is 4.79 Å². The van der Waals surface area contributed by atoms with Gasteiger partial charge in [-0.25, -0.2) is 9.78 Å². The van der Waals surface area contributed by atoms with Crippen molar-refractivity contribution in [1.29, 1.82) is 0 Å². The van der Waals surface area contributed by atoms with Crippen molar-refractivity contribution in [2.45, 2.75) is 32.6 Å². The summed E-state index contributed by atoms with van der Waals surface area (Å²) in [6.45, 7) is 5.62. The summed E-state index contributed by atoms with van der Waals surface area (Å²) in [7, 11) is 0. The molecular formula is C17H18ClNO3. The van der Waals surface area contributed by atoms with Crippen molar-refractivity contribution in [2.75, 3.05) is 0 Å². The number of unbranched alkanes of at least 4 members (excludes halogenated alkanes) is 1. The van der Waals surface area contributed by atoms with Crippen molar-refractivity contribution in [3.8, 4) is 11.3 Å². The van der Waals surface area contributed by atoms with Crippen LogP contribution in [0.15, 0.2) is 40.8 Å². The molecule has 0 atom stereocenters. The number of aromatic nitrogens is 1. The molecule has 1 heterocycles. The lowest BCUT2D eigenvalue weighted by atomic mass is 10.1. The molecule has 4 nitrogen and oxygen atoms in total. The van der Waals surface area contributed by atoms with Gasteiger partial charge >= 0.3 is 5.97 Å².